The topological polar surface area (TPSA) is 99.4 Å². The standard InChI is InChI=1S/C20H28N6O/c1-2-22-20(26-10-6-7-15(14-26)11-18(21)27)24-13-19-23-12-17(25-19)16-8-4-3-5-9-16/h3-5,8-9,12,15H,2,6-7,10-11,13-14H2,1H3,(H2,21,27)(H,22,24)(H,23,25). The number of imidazole rings is 1. The molecular weight excluding hydrogens is 340 g/mol. The van der Waals surface area contributed by atoms with Gasteiger partial charge in [0.1, 0.15) is 12.4 Å². The quantitative estimate of drug-likeness (QED) is 0.537. The average Bonchev–Trinajstić information content (AvgIpc) is 3.14. The smallest absolute Gasteiger partial charge is 0.217 e. The first kappa shape index (κ1) is 18.9. The van der Waals surface area contributed by atoms with Gasteiger partial charge in [0.2, 0.25) is 5.91 Å². The van der Waals surface area contributed by atoms with E-state index in [1.165, 1.54) is 0 Å². The van der Waals surface area contributed by atoms with E-state index in [0.717, 1.165) is 55.5 Å². The summed E-state index contributed by atoms with van der Waals surface area (Å²) in [6, 6.07) is 10.1. The van der Waals surface area contributed by atoms with E-state index >= 15 is 0 Å². The number of amides is 1. The fourth-order valence-corrected chi connectivity index (χ4v) is 3.49. The third-order valence-electron chi connectivity index (χ3n) is 4.74. The van der Waals surface area contributed by atoms with E-state index in [1.54, 1.807) is 0 Å². The lowest BCUT2D eigenvalue weighted by Gasteiger charge is -2.34. The van der Waals surface area contributed by atoms with Gasteiger partial charge in [-0.2, -0.15) is 0 Å². The molecule has 1 aliphatic heterocycles. The number of aromatic amines is 1. The summed E-state index contributed by atoms with van der Waals surface area (Å²) in [5.41, 5.74) is 7.47. The molecule has 144 valence electrons. The van der Waals surface area contributed by atoms with Crippen LogP contribution in [0.2, 0.25) is 0 Å². The number of aromatic nitrogens is 2. The molecule has 1 amide bonds. The zero-order chi connectivity index (χ0) is 19.1. The third kappa shape index (κ3) is 5.32. The van der Waals surface area contributed by atoms with E-state index in [1.807, 2.05) is 24.4 Å². The minimum atomic E-state index is -0.229. The normalized spacial score (nSPS) is 17.7. The number of guanidine groups is 1. The van der Waals surface area contributed by atoms with Crippen molar-refractivity contribution in [1.82, 2.24) is 20.2 Å². The maximum Gasteiger partial charge on any atom is 0.217 e. The zero-order valence-corrected chi connectivity index (χ0v) is 15.8. The largest absolute Gasteiger partial charge is 0.370 e. The van der Waals surface area contributed by atoms with Crippen molar-refractivity contribution in [1.29, 1.82) is 0 Å². The number of likely N-dealkylation sites (tertiary alicyclic amines) is 1. The molecule has 0 aliphatic carbocycles. The molecule has 0 saturated carbocycles. The molecule has 3 rings (SSSR count). The van der Waals surface area contributed by atoms with Gasteiger partial charge in [0, 0.05) is 26.1 Å². The Hall–Kier alpha value is -2.83. The summed E-state index contributed by atoms with van der Waals surface area (Å²) < 4.78 is 0. The van der Waals surface area contributed by atoms with Crippen LogP contribution in [0.4, 0.5) is 0 Å². The summed E-state index contributed by atoms with van der Waals surface area (Å²) in [5, 5.41) is 3.35. The summed E-state index contributed by atoms with van der Waals surface area (Å²) in [4.78, 5) is 26.0. The predicted octanol–water partition coefficient (Wildman–Crippen LogP) is 2.13. The SMILES string of the molecule is CCNC(=NCc1ncc(-c2ccccc2)[nH]1)N1CCCC(CC(N)=O)C1. The summed E-state index contributed by atoms with van der Waals surface area (Å²) in [7, 11) is 0. The average molecular weight is 368 g/mol. The first-order valence-electron chi connectivity index (χ1n) is 9.56. The number of benzene rings is 1. The van der Waals surface area contributed by atoms with Crippen LogP contribution in [0.25, 0.3) is 11.3 Å². The van der Waals surface area contributed by atoms with Gasteiger partial charge >= 0.3 is 0 Å². The van der Waals surface area contributed by atoms with Gasteiger partial charge in [-0.3, -0.25) is 4.79 Å². The monoisotopic (exact) mass is 368 g/mol. The first-order valence-corrected chi connectivity index (χ1v) is 9.56. The molecule has 4 N–H and O–H groups in total. The van der Waals surface area contributed by atoms with E-state index < -0.39 is 0 Å². The molecule has 1 atom stereocenters. The fraction of sp³-hybridized carbons (Fsp3) is 0.450. The molecule has 0 radical (unpaired) electrons. The number of nitrogens with one attached hydrogen (secondary N) is 2. The van der Waals surface area contributed by atoms with Gasteiger partial charge < -0.3 is 20.9 Å². The maximum atomic E-state index is 11.2. The number of primary amides is 1. The number of hydrogen-bond acceptors (Lipinski definition) is 3. The molecule has 27 heavy (non-hydrogen) atoms. The number of carbonyl (C=O) groups is 1. The first-order chi connectivity index (χ1) is 13.2. The highest BCUT2D eigenvalue weighted by Crippen LogP contribution is 2.20. The van der Waals surface area contributed by atoms with Crippen LogP contribution in [-0.2, 0) is 11.3 Å². The Bertz CT molecular complexity index is 770. The number of nitrogens with zero attached hydrogens (tertiary/aromatic N) is 3. The Labute approximate surface area is 160 Å². The summed E-state index contributed by atoms with van der Waals surface area (Å²) in [6.45, 7) is 5.08. The van der Waals surface area contributed by atoms with Gasteiger partial charge in [-0.25, -0.2) is 9.98 Å². The zero-order valence-electron chi connectivity index (χ0n) is 15.8. The van der Waals surface area contributed by atoms with Gasteiger partial charge in [-0.05, 0) is 31.2 Å². The van der Waals surface area contributed by atoms with Crippen LogP contribution in [0.3, 0.4) is 0 Å². The molecule has 2 aromatic rings. The Morgan fingerprint density at radius 3 is 2.96 bits per heavy atom. The predicted molar refractivity (Wildman–Crippen MR) is 107 cm³/mol. The molecule has 1 aliphatic rings. The molecule has 1 unspecified atom stereocenters. The van der Waals surface area contributed by atoms with Crippen molar-refractivity contribution in [3.63, 3.8) is 0 Å². The van der Waals surface area contributed by atoms with Crippen LogP contribution in [-0.4, -0.2) is 46.4 Å². The third-order valence-corrected chi connectivity index (χ3v) is 4.74. The summed E-state index contributed by atoms with van der Waals surface area (Å²) >= 11 is 0. The van der Waals surface area contributed by atoms with Crippen LogP contribution in [0.1, 0.15) is 32.0 Å². The number of H-pyrrole nitrogens is 1. The van der Waals surface area contributed by atoms with Crippen molar-refractivity contribution >= 4 is 11.9 Å². The molecule has 7 nitrogen and oxygen atoms in total. The number of hydrogen-bond donors (Lipinski definition) is 3. The van der Waals surface area contributed by atoms with E-state index in [4.69, 9.17) is 10.7 Å². The van der Waals surface area contributed by atoms with Crippen molar-refractivity contribution < 1.29 is 4.79 Å². The second kappa shape index (κ2) is 9.21. The van der Waals surface area contributed by atoms with Crippen LogP contribution in [0.5, 0.6) is 0 Å². The van der Waals surface area contributed by atoms with Gasteiger partial charge in [-0.1, -0.05) is 30.3 Å². The highest BCUT2D eigenvalue weighted by atomic mass is 16.1. The fourth-order valence-electron chi connectivity index (χ4n) is 3.49. The lowest BCUT2D eigenvalue weighted by molar-refractivity contribution is -0.119. The van der Waals surface area contributed by atoms with Crippen molar-refractivity contribution in [2.45, 2.75) is 32.7 Å². The van der Waals surface area contributed by atoms with Crippen LogP contribution < -0.4 is 11.1 Å². The van der Waals surface area contributed by atoms with E-state index in [0.29, 0.717) is 18.9 Å². The molecule has 1 aromatic heterocycles. The molecular formula is C20H28N6O. The minimum Gasteiger partial charge on any atom is -0.370 e. The Morgan fingerprint density at radius 2 is 2.22 bits per heavy atom. The van der Waals surface area contributed by atoms with Crippen LogP contribution in [0.15, 0.2) is 41.5 Å². The lowest BCUT2D eigenvalue weighted by atomic mass is 9.95. The Balaban J connectivity index is 1.67. The van der Waals surface area contributed by atoms with Crippen LogP contribution in [0, 0.1) is 5.92 Å². The molecule has 1 aromatic carbocycles. The molecule has 1 saturated heterocycles. The molecule has 7 heteroatoms. The maximum absolute atomic E-state index is 11.2. The van der Waals surface area contributed by atoms with Gasteiger partial charge in [0.25, 0.3) is 0 Å². The van der Waals surface area contributed by atoms with Crippen molar-refractivity contribution in [2.24, 2.45) is 16.6 Å². The van der Waals surface area contributed by atoms with Crippen molar-refractivity contribution in [3.05, 3.63) is 42.4 Å². The van der Waals surface area contributed by atoms with E-state index in [9.17, 15) is 4.79 Å². The van der Waals surface area contributed by atoms with E-state index in [-0.39, 0.29) is 5.91 Å². The van der Waals surface area contributed by atoms with Crippen LogP contribution >= 0.6 is 0 Å². The summed E-state index contributed by atoms with van der Waals surface area (Å²) in [5.74, 6) is 1.76. The van der Waals surface area contributed by atoms with Gasteiger partial charge in [-0.15, -0.1) is 0 Å². The minimum absolute atomic E-state index is 0.229. The molecule has 0 spiro atoms. The highest BCUT2D eigenvalue weighted by molar-refractivity contribution is 5.80. The Morgan fingerprint density at radius 1 is 1.41 bits per heavy atom. The lowest BCUT2D eigenvalue weighted by Crippen LogP contribution is -2.47. The number of nitrogens with two attached hydrogens (primary N) is 1. The number of carbonyl (C=O) groups excluding carboxylic acids is 1. The highest BCUT2D eigenvalue weighted by Gasteiger charge is 2.23. The molecule has 2 heterocycles. The Kier molecular flexibility index (Phi) is 6.46. The second-order valence-corrected chi connectivity index (χ2v) is 6.90. The number of piperidine rings is 1. The number of aliphatic imine (C=N–C) groups is 1. The van der Waals surface area contributed by atoms with Gasteiger partial charge in [0.15, 0.2) is 5.96 Å². The number of rotatable bonds is 6. The van der Waals surface area contributed by atoms with E-state index in [2.05, 4.69) is 39.2 Å². The van der Waals surface area contributed by atoms with Gasteiger partial charge in [0.05, 0.1) is 11.9 Å². The second-order valence-electron chi connectivity index (χ2n) is 6.90. The molecule has 1 fully saturated rings. The van der Waals surface area contributed by atoms with Crippen molar-refractivity contribution in [3.8, 4) is 11.3 Å². The molecule has 0 bridgehead atoms. The van der Waals surface area contributed by atoms with Crippen molar-refractivity contribution in [2.75, 3.05) is 19.6 Å². The summed E-state index contributed by atoms with van der Waals surface area (Å²) in [6.07, 6.45) is 4.37.